The van der Waals surface area contributed by atoms with Gasteiger partial charge in [-0.1, -0.05) is 107 Å². The molecule has 244 valence electrons. The molecule has 6 nitrogen and oxygen atoms in total. The van der Waals surface area contributed by atoms with Gasteiger partial charge in [0.15, 0.2) is 0 Å². The van der Waals surface area contributed by atoms with Crippen LogP contribution in [0.1, 0.15) is 0 Å². The van der Waals surface area contributed by atoms with Crippen LogP contribution in [0.4, 0.5) is 0 Å². The minimum Gasteiger partial charge on any atom is -0.354 e. The van der Waals surface area contributed by atoms with Crippen molar-refractivity contribution < 1.29 is 0 Å². The summed E-state index contributed by atoms with van der Waals surface area (Å²) in [7, 11) is 0. The summed E-state index contributed by atoms with van der Waals surface area (Å²) in [5, 5.41) is 4.98. The maximum Gasteiger partial charge on any atom is 0.100 e. The van der Waals surface area contributed by atoms with E-state index in [0.717, 1.165) is 37.7 Å². The highest BCUT2D eigenvalue weighted by Crippen LogP contribution is 2.35. The second-order valence-electron chi connectivity index (χ2n) is 12.3. The Hall–Kier alpha value is -6.44. The molecule has 0 radical (unpaired) electrons. The molecule has 0 spiro atoms. The number of aromatic amines is 2. The fourth-order valence-corrected chi connectivity index (χ4v) is 7.12. The number of hydrogen-bond acceptors (Lipinski definition) is 2. The molecule has 0 fully saturated rings. The van der Waals surface area contributed by atoms with E-state index in [2.05, 4.69) is 166 Å². The molecule has 4 heterocycles. The zero-order valence-corrected chi connectivity index (χ0v) is 29.0. The molecule has 2 N–H and O–H groups in total. The molecule has 0 saturated heterocycles. The molecule has 0 saturated carbocycles. The molecule has 0 atom stereocenters. The predicted octanol–water partition coefficient (Wildman–Crippen LogP) is 11.8. The quantitative estimate of drug-likeness (QED) is 0.186. The number of para-hydroxylation sites is 4. The largest absolute Gasteiger partial charge is 0.354 e. The van der Waals surface area contributed by atoms with Crippen LogP contribution in [-0.4, -0.2) is 29.1 Å². The first-order valence-electron chi connectivity index (χ1n) is 16.8. The van der Waals surface area contributed by atoms with E-state index in [1.807, 2.05) is 48.8 Å². The second kappa shape index (κ2) is 13.1. The number of benzene rings is 7. The van der Waals surface area contributed by atoms with Crippen LogP contribution in [-0.2, 0) is 0 Å². The van der Waals surface area contributed by atoms with Crippen LogP contribution < -0.4 is 0 Å². The molecule has 0 amide bonds. The second-order valence-corrected chi connectivity index (χ2v) is 13.2. The highest BCUT2D eigenvalue weighted by molar-refractivity contribution is 9.10. The van der Waals surface area contributed by atoms with Crippen molar-refractivity contribution in [3.63, 3.8) is 0 Å². The van der Waals surface area contributed by atoms with Crippen molar-refractivity contribution in [2.45, 2.75) is 0 Å². The Bertz CT molecular complexity index is 2920. The summed E-state index contributed by atoms with van der Waals surface area (Å²) >= 11 is 3.31. The van der Waals surface area contributed by atoms with E-state index in [-0.39, 0.29) is 0 Å². The first-order chi connectivity index (χ1) is 25.2. The third kappa shape index (κ3) is 5.73. The summed E-state index contributed by atoms with van der Waals surface area (Å²) in [6, 6.07) is 56.5. The fourth-order valence-electron chi connectivity index (χ4n) is 6.82. The Morgan fingerprint density at radius 1 is 0.451 bits per heavy atom. The Labute approximate surface area is 301 Å². The fraction of sp³-hybridized carbons (Fsp3) is 0. The SMILES string of the molecule is Brc1ccccc1.c1ccc(-n2cnc3cc4c5ccccc5n(-c5ccccc5)c4cc32)cc1.c1ccc2c(c1)[nH]c1cc3nc[nH]c3cc12. The predicted molar refractivity (Wildman–Crippen MR) is 215 cm³/mol. The Morgan fingerprint density at radius 2 is 1.12 bits per heavy atom. The van der Waals surface area contributed by atoms with Gasteiger partial charge in [-0.05, 0) is 72.8 Å². The zero-order chi connectivity index (χ0) is 34.1. The van der Waals surface area contributed by atoms with Crippen LogP contribution in [0.3, 0.4) is 0 Å². The molecule has 7 heteroatoms. The van der Waals surface area contributed by atoms with Crippen molar-refractivity contribution in [3.05, 3.63) is 181 Å². The number of H-pyrrole nitrogens is 2. The van der Waals surface area contributed by atoms with E-state index in [1.165, 1.54) is 43.8 Å². The first-order valence-corrected chi connectivity index (χ1v) is 17.6. The summed E-state index contributed by atoms with van der Waals surface area (Å²) in [4.78, 5) is 15.5. The van der Waals surface area contributed by atoms with Gasteiger partial charge < -0.3 is 14.5 Å². The number of nitrogens with zero attached hydrogens (tertiary/aromatic N) is 4. The number of halogens is 1. The van der Waals surface area contributed by atoms with Crippen molar-refractivity contribution in [3.8, 4) is 11.4 Å². The van der Waals surface area contributed by atoms with Gasteiger partial charge in [0.2, 0.25) is 0 Å². The molecule has 0 aliphatic rings. The normalized spacial score (nSPS) is 11.2. The zero-order valence-electron chi connectivity index (χ0n) is 27.4. The van der Waals surface area contributed by atoms with Crippen LogP contribution in [0.25, 0.3) is 77.1 Å². The van der Waals surface area contributed by atoms with Gasteiger partial charge in [-0.15, -0.1) is 0 Å². The number of aromatic nitrogens is 6. The molecule has 0 bridgehead atoms. The molecule has 4 aromatic heterocycles. The topological polar surface area (TPSA) is 67.2 Å². The molecule has 0 aliphatic heterocycles. The van der Waals surface area contributed by atoms with Gasteiger partial charge in [0.25, 0.3) is 0 Å². The lowest BCUT2D eigenvalue weighted by molar-refractivity contribution is 1.09. The lowest BCUT2D eigenvalue weighted by Crippen LogP contribution is -1.94. The van der Waals surface area contributed by atoms with Gasteiger partial charge in [-0.25, -0.2) is 9.97 Å². The molecular weight excluding hydrogens is 692 g/mol. The van der Waals surface area contributed by atoms with Crippen LogP contribution in [0.5, 0.6) is 0 Å². The maximum absolute atomic E-state index is 4.69. The third-order valence-electron chi connectivity index (χ3n) is 9.17. The van der Waals surface area contributed by atoms with Gasteiger partial charge in [0.1, 0.15) is 6.33 Å². The van der Waals surface area contributed by atoms with Crippen LogP contribution in [0.15, 0.2) is 181 Å². The van der Waals surface area contributed by atoms with Gasteiger partial charge >= 0.3 is 0 Å². The van der Waals surface area contributed by atoms with Crippen molar-refractivity contribution >= 4 is 81.6 Å². The van der Waals surface area contributed by atoms with Crippen molar-refractivity contribution in [1.82, 2.24) is 29.1 Å². The van der Waals surface area contributed by atoms with Crippen LogP contribution >= 0.6 is 15.9 Å². The van der Waals surface area contributed by atoms with Gasteiger partial charge in [-0.2, -0.15) is 0 Å². The highest BCUT2D eigenvalue weighted by atomic mass is 79.9. The molecule has 0 aliphatic carbocycles. The number of imidazole rings is 2. The summed E-state index contributed by atoms with van der Waals surface area (Å²) in [5.74, 6) is 0. The minimum atomic E-state index is 0.999. The lowest BCUT2D eigenvalue weighted by atomic mass is 10.1. The Balaban J connectivity index is 0.000000126. The maximum atomic E-state index is 4.69. The molecule has 11 rings (SSSR count). The van der Waals surface area contributed by atoms with Gasteiger partial charge in [0, 0.05) is 48.4 Å². The number of fused-ring (bicyclic) bond motifs is 8. The number of hydrogen-bond donors (Lipinski definition) is 2. The van der Waals surface area contributed by atoms with Crippen molar-refractivity contribution in [2.24, 2.45) is 0 Å². The summed E-state index contributed by atoms with van der Waals surface area (Å²) in [5.41, 5.74) is 11.2. The van der Waals surface area contributed by atoms with E-state index in [9.17, 15) is 0 Å². The smallest absolute Gasteiger partial charge is 0.100 e. The number of rotatable bonds is 2. The standard InChI is InChI=1S/C25H17N3.C13H9N3.C6H5Br/c1-3-9-18(10-4-1)27-17-26-22-15-21-20-13-7-8-14-23(20)28(24(21)16-25(22)27)19-11-5-2-6-12-19;1-2-4-10-8(3-1)9-5-12-13(15-7-14-12)6-11(9)16-10;7-6-4-2-1-3-5-6/h1-17H;1-7,16H,(H,14,15);1-5H. The molecule has 7 aromatic carbocycles. The third-order valence-corrected chi connectivity index (χ3v) is 9.70. The van der Waals surface area contributed by atoms with Gasteiger partial charge in [0.05, 0.1) is 39.4 Å². The average Bonchev–Trinajstić information content (AvgIpc) is 3.97. The van der Waals surface area contributed by atoms with Crippen molar-refractivity contribution in [1.29, 1.82) is 0 Å². The molecule has 0 unspecified atom stereocenters. The van der Waals surface area contributed by atoms with Gasteiger partial charge in [-0.3, -0.25) is 4.57 Å². The average molecular weight is 724 g/mol. The monoisotopic (exact) mass is 722 g/mol. The highest BCUT2D eigenvalue weighted by Gasteiger charge is 2.15. The van der Waals surface area contributed by atoms with E-state index in [4.69, 9.17) is 0 Å². The van der Waals surface area contributed by atoms with E-state index in [1.54, 1.807) is 6.33 Å². The van der Waals surface area contributed by atoms with E-state index in [0.29, 0.717) is 0 Å². The molecular formula is C44H31BrN6. The van der Waals surface area contributed by atoms with Crippen LogP contribution in [0, 0.1) is 0 Å². The molecule has 11 aromatic rings. The molecule has 51 heavy (non-hydrogen) atoms. The van der Waals surface area contributed by atoms with Crippen LogP contribution in [0.2, 0.25) is 0 Å². The van der Waals surface area contributed by atoms with Crippen molar-refractivity contribution in [2.75, 3.05) is 0 Å². The number of nitrogens with one attached hydrogen (secondary N) is 2. The summed E-state index contributed by atoms with van der Waals surface area (Å²) < 4.78 is 5.63. The van der Waals surface area contributed by atoms with E-state index >= 15 is 0 Å². The summed E-state index contributed by atoms with van der Waals surface area (Å²) in [6.45, 7) is 0. The Morgan fingerprint density at radius 3 is 1.86 bits per heavy atom. The first kappa shape index (κ1) is 30.6. The minimum absolute atomic E-state index is 0.999. The summed E-state index contributed by atoms with van der Waals surface area (Å²) in [6.07, 6.45) is 3.64. The lowest BCUT2D eigenvalue weighted by Gasteiger charge is -2.08. The Kier molecular flexibility index (Phi) is 7.87. The van der Waals surface area contributed by atoms with E-state index < -0.39 is 0 Å².